The monoisotopic (exact) mass is 203 g/mol. The molecule has 0 aliphatic heterocycles. The first-order valence-electron chi connectivity index (χ1n) is 5.08. The van der Waals surface area contributed by atoms with Gasteiger partial charge in [-0.25, -0.2) is 0 Å². The van der Waals surface area contributed by atoms with Crippen LogP contribution in [-0.2, 0) is 4.79 Å². The Bertz CT molecular complexity index is 354. The zero-order valence-electron chi connectivity index (χ0n) is 9.53. The largest absolute Gasteiger partial charge is 0.306 e. The highest BCUT2D eigenvalue weighted by Crippen LogP contribution is 2.18. The molecule has 0 spiro atoms. The molecule has 0 saturated carbocycles. The van der Waals surface area contributed by atoms with Gasteiger partial charge in [-0.2, -0.15) is 0 Å². The second kappa shape index (κ2) is 4.78. The maximum atomic E-state index is 11.9. The lowest BCUT2D eigenvalue weighted by atomic mass is 10.2. The van der Waals surface area contributed by atoms with Gasteiger partial charge in [-0.05, 0) is 32.9 Å². The van der Waals surface area contributed by atoms with Crippen LogP contribution in [0.15, 0.2) is 42.5 Å². The van der Waals surface area contributed by atoms with Gasteiger partial charge in [-0.15, -0.1) is 0 Å². The standard InChI is InChI=1S/C13H17NO/c1-10(2)13(15)14(11(3)4)12-8-6-5-7-9-12/h5-9,11H,1H2,2-4H3. The lowest BCUT2D eigenvalue weighted by molar-refractivity contribution is -0.115. The molecular weight excluding hydrogens is 186 g/mol. The molecular formula is C13H17NO. The first kappa shape index (κ1) is 11.5. The third-order valence-corrected chi connectivity index (χ3v) is 2.13. The number of carbonyl (C=O) groups excluding carboxylic acids is 1. The number of hydrogen-bond acceptors (Lipinski definition) is 1. The molecule has 0 aliphatic carbocycles. The van der Waals surface area contributed by atoms with Crippen LogP contribution in [0.25, 0.3) is 0 Å². The van der Waals surface area contributed by atoms with Gasteiger partial charge in [-0.1, -0.05) is 24.8 Å². The molecule has 0 aromatic heterocycles. The highest BCUT2D eigenvalue weighted by molar-refractivity contribution is 6.05. The van der Waals surface area contributed by atoms with Crippen LogP contribution in [0.3, 0.4) is 0 Å². The Hall–Kier alpha value is -1.57. The van der Waals surface area contributed by atoms with Crippen LogP contribution in [0.5, 0.6) is 0 Å². The minimum Gasteiger partial charge on any atom is -0.306 e. The maximum absolute atomic E-state index is 11.9. The van der Waals surface area contributed by atoms with Gasteiger partial charge in [-0.3, -0.25) is 4.79 Å². The summed E-state index contributed by atoms with van der Waals surface area (Å²) >= 11 is 0. The van der Waals surface area contributed by atoms with Gasteiger partial charge in [0, 0.05) is 17.3 Å². The first-order valence-corrected chi connectivity index (χ1v) is 5.08. The van der Waals surface area contributed by atoms with Crippen LogP contribution in [-0.4, -0.2) is 11.9 Å². The maximum Gasteiger partial charge on any atom is 0.253 e. The molecule has 2 nitrogen and oxygen atoms in total. The second-order valence-electron chi connectivity index (χ2n) is 3.88. The summed E-state index contributed by atoms with van der Waals surface area (Å²) in [5.74, 6) is -0.0174. The van der Waals surface area contributed by atoms with E-state index in [4.69, 9.17) is 0 Å². The van der Waals surface area contributed by atoms with Crippen molar-refractivity contribution in [2.24, 2.45) is 0 Å². The van der Waals surface area contributed by atoms with E-state index in [1.54, 1.807) is 11.8 Å². The van der Waals surface area contributed by atoms with Crippen molar-refractivity contribution >= 4 is 11.6 Å². The van der Waals surface area contributed by atoms with Crippen molar-refractivity contribution in [1.82, 2.24) is 0 Å². The van der Waals surface area contributed by atoms with Crippen LogP contribution in [0, 0.1) is 0 Å². The summed E-state index contributed by atoms with van der Waals surface area (Å²) in [6, 6.07) is 9.79. The predicted octanol–water partition coefficient (Wildman–Crippen LogP) is 3.00. The minimum atomic E-state index is -0.0174. The zero-order chi connectivity index (χ0) is 11.4. The molecule has 0 bridgehead atoms. The Morgan fingerprint density at radius 3 is 2.20 bits per heavy atom. The normalized spacial score (nSPS) is 10.1. The fraction of sp³-hybridized carbons (Fsp3) is 0.308. The molecule has 1 amide bonds. The molecule has 80 valence electrons. The summed E-state index contributed by atoms with van der Waals surface area (Å²) < 4.78 is 0. The Morgan fingerprint density at radius 1 is 1.27 bits per heavy atom. The number of nitrogens with zero attached hydrogens (tertiary/aromatic N) is 1. The fourth-order valence-electron chi connectivity index (χ4n) is 1.44. The molecule has 0 heterocycles. The quantitative estimate of drug-likeness (QED) is 0.691. The van der Waals surface area contributed by atoms with Crippen molar-refractivity contribution in [3.8, 4) is 0 Å². The van der Waals surface area contributed by atoms with E-state index in [1.165, 1.54) is 0 Å². The van der Waals surface area contributed by atoms with E-state index in [0.717, 1.165) is 5.69 Å². The summed E-state index contributed by atoms with van der Waals surface area (Å²) in [5.41, 5.74) is 1.48. The van der Waals surface area contributed by atoms with Crippen molar-refractivity contribution in [3.05, 3.63) is 42.5 Å². The molecule has 2 heteroatoms. The van der Waals surface area contributed by atoms with Gasteiger partial charge < -0.3 is 4.90 Å². The molecule has 0 N–H and O–H groups in total. The number of benzene rings is 1. The van der Waals surface area contributed by atoms with Crippen LogP contribution >= 0.6 is 0 Å². The lowest BCUT2D eigenvalue weighted by Crippen LogP contribution is -2.37. The van der Waals surface area contributed by atoms with Gasteiger partial charge in [0.1, 0.15) is 0 Å². The first-order chi connectivity index (χ1) is 7.04. The number of amides is 1. The van der Waals surface area contributed by atoms with E-state index in [2.05, 4.69) is 6.58 Å². The number of para-hydroxylation sites is 1. The van der Waals surface area contributed by atoms with Gasteiger partial charge in [0.05, 0.1) is 0 Å². The SMILES string of the molecule is C=C(C)C(=O)N(c1ccccc1)C(C)C. The second-order valence-corrected chi connectivity index (χ2v) is 3.88. The molecule has 1 rings (SSSR count). The van der Waals surface area contributed by atoms with E-state index in [0.29, 0.717) is 5.57 Å². The number of hydrogen-bond donors (Lipinski definition) is 0. The van der Waals surface area contributed by atoms with Crippen molar-refractivity contribution in [2.45, 2.75) is 26.8 Å². The predicted molar refractivity (Wildman–Crippen MR) is 63.9 cm³/mol. The average molecular weight is 203 g/mol. The van der Waals surface area contributed by atoms with Crippen LogP contribution in [0.4, 0.5) is 5.69 Å². The Balaban J connectivity index is 3.04. The third kappa shape index (κ3) is 2.69. The van der Waals surface area contributed by atoms with E-state index >= 15 is 0 Å². The Kier molecular flexibility index (Phi) is 3.67. The Labute approximate surface area is 91.2 Å². The van der Waals surface area contributed by atoms with Crippen LogP contribution in [0.1, 0.15) is 20.8 Å². The fourth-order valence-corrected chi connectivity index (χ4v) is 1.44. The molecule has 0 atom stereocenters. The number of carbonyl (C=O) groups is 1. The van der Waals surface area contributed by atoms with E-state index < -0.39 is 0 Å². The highest BCUT2D eigenvalue weighted by atomic mass is 16.2. The highest BCUT2D eigenvalue weighted by Gasteiger charge is 2.18. The molecule has 15 heavy (non-hydrogen) atoms. The van der Waals surface area contributed by atoms with E-state index in [1.807, 2.05) is 44.2 Å². The number of rotatable bonds is 3. The Morgan fingerprint density at radius 2 is 1.80 bits per heavy atom. The van der Waals surface area contributed by atoms with Crippen molar-refractivity contribution in [2.75, 3.05) is 4.90 Å². The minimum absolute atomic E-state index is 0.0174. The van der Waals surface area contributed by atoms with Crippen molar-refractivity contribution in [1.29, 1.82) is 0 Å². The summed E-state index contributed by atoms with van der Waals surface area (Å²) in [6.07, 6.45) is 0. The summed E-state index contributed by atoms with van der Waals surface area (Å²) in [4.78, 5) is 13.7. The molecule has 0 saturated heterocycles. The zero-order valence-corrected chi connectivity index (χ0v) is 9.53. The van der Waals surface area contributed by atoms with Gasteiger partial charge in [0.2, 0.25) is 0 Å². The summed E-state index contributed by atoms with van der Waals surface area (Å²) in [6.45, 7) is 9.42. The van der Waals surface area contributed by atoms with Gasteiger partial charge >= 0.3 is 0 Å². The number of anilines is 1. The topological polar surface area (TPSA) is 20.3 Å². The van der Waals surface area contributed by atoms with Gasteiger partial charge in [0.25, 0.3) is 5.91 Å². The smallest absolute Gasteiger partial charge is 0.253 e. The van der Waals surface area contributed by atoms with Gasteiger partial charge in [0.15, 0.2) is 0 Å². The van der Waals surface area contributed by atoms with E-state index in [-0.39, 0.29) is 11.9 Å². The molecule has 0 aliphatic rings. The molecule has 1 aromatic rings. The molecule has 0 unspecified atom stereocenters. The van der Waals surface area contributed by atoms with Crippen molar-refractivity contribution in [3.63, 3.8) is 0 Å². The summed E-state index contributed by atoms with van der Waals surface area (Å²) in [5, 5.41) is 0. The third-order valence-electron chi connectivity index (χ3n) is 2.13. The van der Waals surface area contributed by atoms with Crippen LogP contribution < -0.4 is 4.90 Å². The molecule has 0 radical (unpaired) electrons. The molecule has 1 aromatic carbocycles. The average Bonchev–Trinajstić information content (AvgIpc) is 2.18. The molecule has 0 fully saturated rings. The lowest BCUT2D eigenvalue weighted by Gasteiger charge is -2.26. The van der Waals surface area contributed by atoms with E-state index in [9.17, 15) is 4.79 Å². The van der Waals surface area contributed by atoms with Crippen molar-refractivity contribution < 1.29 is 4.79 Å². The van der Waals surface area contributed by atoms with Crippen LogP contribution in [0.2, 0.25) is 0 Å². The summed E-state index contributed by atoms with van der Waals surface area (Å²) in [7, 11) is 0.